The second kappa shape index (κ2) is 14.7. The molecule has 5 rings (SSSR count). The number of sulfonamides is 1. The first kappa shape index (κ1) is 34.1. The minimum absolute atomic E-state index is 0.0240. The molecule has 248 valence electrons. The lowest BCUT2D eigenvalue weighted by molar-refractivity contribution is 0.0933. The predicted molar refractivity (Wildman–Crippen MR) is 182 cm³/mol. The standard InChI is InChI=1S/C31H32BrN5O8S2/c1-5-45-31(39)35-12-14-36(15-13-35)47(40,41)23-9-6-21(7-10-23)29(38)37(30-34-24-11-8-22(32)18-27(24)46-30)33-19-20-16-25(42-2)28(44-4)26(17-20)43-3/h6-11,16-19H,5,12-15H2,1-4H3/b33-19+. The molecule has 0 saturated carbocycles. The maximum Gasteiger partial charge on any atom is 0.409 e. The molecule has 0 N–H and O–H groups in total. The minimum atomic E-state index is -3.87. The van der Waals surface area contributed by atoms with E-state index in [1.165, 1.54) is 77.4 Å². The molecule has 16 heteroatoms. The maximum absolute atomic E-state index is 14.0. The average molecular weight is 747 g/mol. The Morgan fingerprint density at radius 2 is 1.64 bits per heavy atom. The van der Waals surface area contributed by atoms with Crippen LogP contribution >= 0.6 is 27.3 Å². The number of amides is 2. The van der Waals surface area contributed by atoms with Gasteiger partial charge in [-0.05, 0) is 61.5 Å². The molecule has 1 fully saturated rings. The van der Waals surface area contributed by atoms with Crippen molar-refractivity contribution in [3.8, 4) is 17.2 Å². The van der Waals surface area contributed by atoms with Gasteiger partial charge in [0.05, 0.1) is 49.3 Å². The normalized spacial score (nSPS) is 13.9. The van der Waals surface area contributed by atoms with Crippen molar-refractivity contribution >= 4 is 70.9 Å². The monoisotopic (exact) mass is 745 g/mol. The molecule has 3 aromatic carbocycles. The Morgan fingerprint density at radius 1 is 0.979 bits per heavy atom. The Morgan fingerprint density at radius 3 is 2.23 bits per heavy atom. The van der Waals surface area contributed by atoms with Crippen molar-refractivity contribution in [3.05, 3.63) is 70.2 Å². The van der Waals surface area contributed by atoms with Crippen molar-refractivity contribution in [2.24, 2.45) is 5.10 Å². The number of aromatic nitrogens is 1. The van der Waals surface area contributed by atoms with Gasteiger partial charge in [-0.2, -0.15) is 14.4 Å². The molecule has 0 bridgehead atoms. The highest BCUT2D eigenvalue weighted by atomic mass is 79.9. The summed E-state index contributed by atoms with van der Waals surface area (Å²) < 4.78 is 51.1. The molecule has 0 unspecified atom stereocenters. The summed E-state index contributed by atoms with van der Waals surface area (Å²) in [7, 11) is 0.630. The third kappa shape index (κ3) is 7.35. The number of rotatable bonds is 10. The molecular weight excluding hydrogens is 714 g/mol. The van der Waals surface area contributed by atoms with Gasteiger partial charge >= 0.3 is 6.09 Å². The van der Waals surface area contributed by atoms with Crippen molar-refractivity contribution in [2.45, 2.75) is 11.8 Å². The van der Waals surface area contributed by atoms with Crippen LogP contribution in [0.4, 0.5) is 9.93 Å². The third-order valence-corrected chi connectivity index (χ3v) is 10.6. The zero-order valence-corrected chi connectivity index (χ0v) is 29.2. The molecule has 1 aliphatic rings. The van der Waals surface area contributed by atoms with Gasteiger partial charge in [0.15, 0.2) is 11.5 Å². The Hall–Kier alpha value is -4.25. The van der Waals surface area contributed by atoms with Gasteiger partial charge in [-0.15, -0.1) is 0 Å². The largest absolute Gasteiger partial charge is 0.493 e. The highest BCUT2D eigenvalue weighted by molar-refractivity contribution is 9.10. The summed E-state index contributed by atoms with van der Waals surface area (Å²) in [4.78, 5) is 32.1. The fourth-order valence-electron chi connectivity index (χ4n) is 4.83. The summed E-state index contributed by atoms with van der Waals surface area (Å²) in [6, 6.07) is 14.6. The number of benzene rings is 3. The number of anilines is 1. The topological polar surface area (TPSA) is 140 Å². The van der Waals surface area contributed by atoms with Crippen LogP contribution in [0, 0.1) is 0 Å². The van der Waals surface area contributed by atoms with Crippen LogP contribution in [0.1, 0.15) is 22.8 Å². The maximum atomic E-state index is 14.0. The van der Waals surface area contributed by atoms with E-state index in [9.17, 15) is 18.0 Å². The molecule has 1 aromatic heterocycles. The average Bonchev–Trinajstić information content (AvgIpc) is 3.50. The van der Waals surface area contributed by atoms with Gasteiger partial charge in [0.2, 0.25) is 20.9 Å². The number of nitrogens with zero attached hydrogens (tertiary/aromatic N) is 5. The summed E-state index contributed by atoms with van der Waals surface area (Å²) in [5.74, 6) is 0.705. The number of fused-ring (bicyclic) bond motifs is 1. The van der Waals surface area contributed by atoms with E-state index in [2.05, 4.69) is 26.0 Å². The highest BCUT2D eigenvalue weighted by Gasteiger charge is 2.31. The van der Waals surface area contributed by atoms with Crippen molar-refractivity contribution in [1.82, 2.24) is 14.2 Å². The van der Waals surface area contributed by atoms with Crippen LogP contribution in [0.2, 0.25) is 0 Å². The quantitative estimate of drug-likeness (QED) is 0.158. The molecule has 1 aliphatic heterocycles. The van der Waals surface area contributed by atoms with Crippen LogP contribution in [-0.4, -0.2) is 94.9 Å². The molecule has 4 aromatic rings. The summed E-state index contributed by atoms with van der Waals surface area (Å²) in [6.07, 6.45) is 1.00. The summed E-state index contributed by atoms with van der Waals surface area (Å²) in [6.45, 7) is 2.63. The molecule has 47 heavy (non-hydrogen) atoms. The number of methoxy groups -OCH3 is 3. The van der Waals surface area contributed by atoms with Gasteiger partial charge < -0.3 is 23.8 Å². The lowest BCUT2D eigenvalue weighted by Gasteiger charge is -2.33. The molecule has 2 amide bonds. The van der Waals surface area contributed by atoms with Gasteiger partial charge in [-0.1, -0.05) is 27.3 Å². The van der Waals surface area contributed by atoms with E-state index in [0.29, 0.717) is 33.5 Å². The fraction of sp³-hybridized carbons (Fsp3) is 0.290. The van der Waals surface area contributed by atoms with Crippen molar-refractivity contribution in [2.75, 3.05) is 59.1 Å². The lowest BCUT2D eigenvalue weighted by atomic mass is 10.2. The minimum Gasteiger partial charge on any atom is -0.493 e. The molecular formula is C31H32BrN5O8S2. The van der Waals surface area contributed by atoms with E-state index in [1.807, 2.05) is 18.2 Å². The number of hydrogen-bond acceptors (Lipinski definition) is 11. The first-order chi connectivity index (χ1) is 22.6. The molecule has 2 heterocycles. The van der Waals surface area contributed by atoms with Crippen LogP contribution in [-0.2, 0) is 14.8 Å². The molecule has 1 saturated heterocycles. The zero-order chi connectivity index (χ0) is 33.7. The van der Waals surface area contributed by atoms with Gasteiger partial charge in [0.25, 0.3) is 5.91 Å². The van der Waals surface area contributed by atoms with Gasteiger partial charge in [0.1, 0.15) is 0 Å². The van der Waals surface area contributed by atoms with E-state index < -0.39 is 22.0 Å². The molecule has 0 aliphatic carbocycles. The first-order valence-electron chi connectivity index (χ1n) is 14.4. The fourth-order valence-corrected chi connectivity index (χ4v) is 7.73. The number of carbonyl (C=O) groups excluding carboxylic acids is 2. The van der Waals surface area contributed by atoms with Crippen LogP contribution in [0.15, 0.2) is 69.1 Å². The van der Waals surface area contributed by atoms with Gasteiger partial charge in [-0.25, -0.2) is 18.2 Å². The lowest BCUT2D eigenvalue weighted by Crippen LogP contribution is -2.50. The zero-order valence-electron chi connectivity index (χ0n) is 26.0. The van der Waals surface area contributed by atoms with E-state index in [-0.39, 0.29) is 43.2 Å². The van der Waals surface area contributed by atoms with Crippen molar-refractivity contribution in [3.63, 3.8) is 0 Å². The number of hydrogen-bond donors (Lipinski definition) is 0. The molecule has 0 radical (unpaired) electrons. The Bertz CT molecular complexity index is 1880. The van der Waals surface area contributed by atoms with Crippen LogP contribution in [0.25, 0.3) is 10.2 Å². The van der Waals surface area contributed by atoms with Gasteiger partial charge in [-0.3, -0.25) is 4.79 Å². The third-order valence-electron chi connectivity index (χ3n) is 7.23. The van der Waals surface area contributed by atoms with E-state index in [1.54, 1.807) is 19.1 Å². The van der Waals surface area contributed by atoms with Crippen LogP contribution < -0.4 is 19.2 Å². The number of halogens is 1. The summed E-state index contributed by atoms with van der Waals surface area (Å²) in [5.41, 5.74) is 1.43. The number of thiazole rings is 1. The summed E-state index contributed by atoms with van der Waals surface area (Å²) in [5, 5.41) is 5.99. The van der Waals surface area contributed by atoms with Gasteiger partial charge in [0, 0.05) is 41.8 Å². The van der Waals surface area contributed by atoms with E-state index in [0.717, 1.165) is 9.17 Å². The summed E-state index contributed by atoms with van der Waals surface area (Å²) >= 11 is 4.74. The Balaban J connectivity index is 1.44. The highest BCUT2D eigenvalue weighted by Crippen LogP contribution is 2.38. The first-order valence-corrected chi connectivity index (χ1v) is 17.4. The second-order valence-corrected chi connectivity index (χ2v) is 13.9. The number of hydrazone groups is 1. The number of ether oxygens (including phenoxy) is 4. The van der Waals surface area contributed by atoms with E-state index in [4.69, 9.17) is 18.9 Å². The molecule has 0 atom stereocenters. The Labute approximate surface area is 284 Å². The second-order valence-electron chi connectivity index (χ2n) is 10.0. The predicted octanol–water partition coefficient (Wildman–Crippen LogP) is 5.23. The van der Waals surface area contributed by atoms with E-state index >= 15 is 0 Å². The Kier molecular flexibility index (Phi) is 10.6. The number of carbonyl (C=O) groups is 2. The van der Waals surface area contributed by atoms with Crippen molar-refractivity contribution < 1.29 is 37.0 Å². The van der Waals surface area contributed by atoms with Crippen LogP contribution in [0.5, 0.6) is 17.2 Å². The van der Waals surface area contributed by atoms with Crippen LogP contribution in [0.3, 0.4) is 0 Å². The smallest absolute Gasteiger partial charge is 0.409 e. The SMILES string of the molecule is CCOC(=O)N1CCN(S(=O)(=O)c2ccc(C(=O)N(/N=C/c3cc(OC)c(OC)c(OC)c3)c3nc4ccc(Br)cc4s3)cc2)CC1. The number of piperazine rings is 1. The molecule has 0 spiro atoms. The molecule has 13 nitrogen and oxygen atoms in total. The van der Waals surface area contributed by atoms with Crippen molar-refractivity contribution in [1.29, 1.82) is 0 Å².